The van der Waals surface area contributed by atoms with Crippen molar-refractivity contribution in [3.8, 4) is 0 Å². The average molecular weight is 236 g/mol. The number of urea groups is 1. The van der Waals surface area contributed by atoms with Gasteiger partial charge < -0.3 is 4.90 Å². The first kappa shape index (κ1) is 11.9. The minimum Gasteiger partial charge on any atom is -0.324 e. The van der Waals surface area contributed by atoms with Crippen LogP contribution in [-0.2, 0) is 0 Å². The number of amides is 2. The van der Waals surface area contributed by atoms with Gasteiger partial charge in [0.25, 0.3) is 0 Å². The maximum absolute atomic E-state index is 12.8. The molecule has 0 N–H and O–H groups in total. The van der Waals surface area contributed by atoms with Gasteiger partial charge in [0, 0.05) is 25.8 Å². The second kappa shape index (κ2) is 5.17. The van der Waals surface area contributed by atoms with E-state index in [9.17, 15) is 9.18 Å². The summed E-state index contributed by atoms with van der Waals surface area (Å²) in [4.78, 5) is 15.6. The van der Waals surface area contributed by atoms with Crippen LogP contribution in [0.5, 0.6) is 0 Å². The zero-order chi connectivity index (χ0) is 12.3. The van der Waals surface area contributed by atoms with Gasteiger partial charge in [0.2, 0.25) is 0 Å². The van der Waals surface area contributed by atoms with Crippen molar-refractivity contribution in [1.82, 2.24) is 4.90 Å². The molecule has 3 nitrogen and oxygen atoms in total. The van der Waals surface area contributed by atoms with E-state index in [2.05, 4.69) is 0 Å². The highest BCUT2D eigenvalue weighted by molar-refractivity contribution is 5.91. The number of carbonyl (C=O) groups is 1. The summed E-state index contributed by atoms with van der Waals surface area (Å²) in [5, 5.41) is 0. The monoisotopic (exact) mass is 236 g/mol. The van der Waals surface area contributed by atoms with Gasteiger partial charge in [-0.2, -0.15) is 0 Å². The molecule has 0 saturated carbocycles. The number of anilines is 1. The number of benzene rings is 1. The van der Waals surface area contributed by atoms with Crippen molar-refractivity contribution in [3.05, 3.63) is 30.1 Å². The quantitative estimate of drug-likeness (QED) is 0.735. The fourth-order valence-electron chi connectivity index (χ4n) is 2.07. The molecule has 2 rings (SSSR count). The molecule has 0 atom stereocenters. The molecule has 0 bridgehead atoms. The molecule has 1 aliphatic heterocycles. The van der Waals surface area contributed by atoms with Crippen LogP contribution in [0.2, 0.25) is 0 Å². The van der Waals surface area contributed by atoms with E-state index >= 15 is 0 Å². The number of halogens is 1. The predicted octanol–water partition coefficient (Wildman–Crippen LogP) is 2.87. The van der Waals surface area contributed by atoms with Gasteiger partial charge in [0.1, 0.15) is 5.82 Å². The Labute approximate surface area is 101 Å². The fraction of sp³-hybridized carbons (Fsp3) is 0.462. The van der Waals surface area contributed by atoms with Gasteiger partial charge in [0.05, 0.1) is 0 Å². The molecule has 0 aliphatic carbocycles. The summed E-state index contributed by atoms with van der Waals surface area (Å²) in [6.45, 7) is 1.65. The van der Waals surface area contributed by atoms with Crippen molar-refractivity contribution >= 4 is 11.7 Å². The van der Waals surface area contributed by atoms with Gasteiger partial charge in [-0.25, -0.2) is 9.18 Å². The molecular formula is C13H17FN2O. The van der Waals surface area contributed by atoms with Crippen molar-refractivity contribution in [3.63, 3.8) is 0 Å². The van der Waals surface area contributed by atoms with Crippen LogP contribution in [-0.4, -0.2) is 31.1 Å². The molecule has 1 aliphatic rings. The van der Waals surface area contributed by atoms with Crippen LogP contribution in [0.3, 0.4) is 0 Å². The third-order valence-corrected chi connectivity index (χ3v) is 3.13. The van der Waals surface area contributed by atoms with Crippen LogP contribution in [0.25, 0.3) is 0 Å². The van der Waals surface area contributed by atoms with Crippen LogP contribution in [0.4, 0.5) is 14.9 Å². The molecule has 1 saturated heterocycles. The molecule has 1 aromatic carbocycles. The Hall–Kier alpha value is -1.58. The molecule has 0 unspecified atom stereocenters. The number of nitrogens with zero attached hydrogens (tertiary/aromatic N) is 2. The highest BCUT2D eigenvalue weighted by atomic mass is 19.1. The Morgan fingerprint density at radius 1 is 1.18 bits per heavy atom. The number of likely N-dealkylation sites (tertiary alicyclic amines) is 1. The molecule has 1 fully saturated rings. The van der Waals surface area contributed by atoms with Gasteiger partial charge in [-0.15, -0.1) is 0 Å². The summed E-state index contributed by atoms with van der Waals surface area (Å²) in [7, 11) is 1.73. The van der Waals surface area contributed by atoms with E-state index in [0.717, 1.165) is 31.6 Å². The third kappa shape index (κ3) is 2.75. The van der Waals surface area contributed by atoms with Gasteiger partial charge in [-0.1, -0.05) is 0 Å². The largest absolute Gasteiger partial charge is 0.324 e. The Balaban J connectivity index is 2.05. The van der Waals surface area contributed by atoms with Crippen molar-refractivity contribution in [2.24, 2.45) is 0 Å². The number of hydrogen-bond donors (Lipinski definition) is 0. The summed E-state index contributed by atoms with van der Waals surface area (Å²) in [6, 6.07) is 5.98. The number of carbonyl (C=O) groups excluding carboxylic acids is 1. The number of hydrogen-bond acceptors (Lipinski definition) is 1. The summed E-state index contributed by atoms with van der Waals surface area (Å²) >= 11 is 0. The van der Waals surface area contributed by atoms with E-state index in [0.29, 0.717) is 0 Å². The normalized spacial score (nSPS) is 15.8. The van der Waals surface area contributed by atoms with Crippen LogP contribution < -0.4 is 4.90 Å². The molecular weight excluding hydrogens is 219 g/mol. The van der Waals surface area contributed by atoms with Gasteiger partial charge in [0.15, 0.2) is 0 Å². The lowest BCUT2D eigenvalue weighted by Gasteiger charge is -2.31. The van der Waals surface area contributed by atoms with Crippen molar-refractivity contribution < 1.29 is 9.18 Å². The van der Waals surface area contributed by atoms with E-state index in [1.165, 1.54) is 18.6 Å². The summed E-state index contributed by atoms with van der Waals surface area (Å²) in [6.07, 6.45) is 3.34. The third-order valence-electron chi connectivity index (χ3n) is 3.13. The van der Waals surface area contributed by atoms with E-state index in [-0.39, 0.29) is 11.8 Å². The topological polar surface area (TPSA) is 23.6 Å². The Kier molecular flexibility index (Phi) is 3.61. The number of piperidine rings is 1. The van der Waals surface area contributed by atoms with Gasteiger partial charge >= 0.3 is 6.03 Å². The van der Waals surface area contributed by atoms with Gasteiger partial charge in [-0.05, 0) is 43.5 Å². The van der Waals surface area contributed by atoms with Crippen molar-refractivity contribution in [2.45, 2.75) is 19.3 Å². The van der Waals surface area contributed by atoms with E-state index in [1.807, 2.05) is 4.90 Å². The van der Waals surface area contributed by atoms with Crippen molar-refractivity contribution in [2.75, 3.05) is 25.0 Å². The first-order valence-corrected chi connectivity index (χ1v) is 5.96. The zero-order valence-corrected chi connectivity index (χ0v) is 10.0. The highest BCUT2D eigenvalue weighted by Crippen LogP contribution is 2.17. The molecule has 0 spiro atoms. The highest BCUT2D eigenvalue weighted by Gasteiger charge is 2.20. The Bertz CT molecular complexity index is 385. The van der Waals surface area contributed by atoms with E-state index < -0.39 is 0 Å². The standard InChI is InChI=1S/C13H17FN2O/c1-15(12-7-5-11(14)6-8-12)13(17)16-9-3-2-4-10-16/h5-8H,2-4,9-10H2,1H3. The zero-order valence-electron chi connectivity index (χ0n) is 10.0. The minimum absolute atomic E-state index is 0.00342. The summed E-state index contributed by atoms with van der Waals surface area (Å²) in [5.74, 6) is -0.285. The summed E-state index contributed by atoms with van der Waals surface area (Å²) < 4.78 is 12.8. The predicted molar refractivity (Wildman–Crippen MR) is 65.6 cm³/mol. The van der Waals surface area contributed by atoms with Crippen LogP contribution in [0.1, 0.15) is 19.3 Å². The molecule has 1 heterocycles. The van der Waals surface area contributed by atoms with Crippen LogP contribution >= 0.6 is 0 Å². The number of rotatable bonds is 1. The maximum Gasteiger partial charge on any atom is 0.324 e. The fourth-order valence-corrected chi connectivity index (χ4v) is 2.07. The molecule has 2 amide bonds. The molecule has 92 valence electrons. The van der Waals surface area contributed by atoms with Crippen LogP contribution in [0, 0.1) is 5.82 Å². The molecule has 4 heteroatoms. The average Bonchev–Trinajstić information content (AvgIpc) is 2.39. The lowest BCUT2D eigenvalue weighted by molar-refractivity contribution is 0.194. The van der Waals surface area contributed by atoms with E-state index in [1.54, 1.807) is 24.1 Å². The van der Waals surface area contributed by atoms with Gasteiger partial charge in [-0.3, -0.25) is 4.90 Å². The summed E-state index contributed by atoms with van der Waals surface area (Å²) in [5.41, 5.74) is 0.724. The second-order valence-electron chi connectivity index (χ2n) is 4.37. The molecule has 0 radical (unpaired) electrons. The first-order chi connectivity index (χ1) is 8.18. The Morgan fingerprint density at radius 3 is 2.35 bits per heavy atom. The minimum atomic E-state index is -0.285. The molecule has 1 aromatic rings. The van der Waals surface area contributed by atoms with Crippen molar-refractivity contribution in [1.29, 1.82) is 0 Å². The van der Waals surface area contributed by atoms with Crippen LogP contribution in [0.15, 0.2) is 24.3 Å². The first-order valence-electron chi connectivity index (χ1n) is 5.96. The SMILES string of the molecule is CN(C(=O)N1CCCCC1)c1ccc(F)cc1. The maximum atomic E-state index is 12.8. The lowest BCUT2D eigenvalue weighted by atomic mass is 10.1. The Morgan fingerprint density at radius 2 is 1.76 bits per heavy atom. The molecule has 17 heavy (non-hydrogen) atoms. The van der Waals surface area contributed by atoms with E-state index in [4.69, 9.17) is 0 Å². The smallest absolute Gasteiger partial charge is 0.324 e. The second-order valence-corrected chi connectivity index (χ2v) is 4.37. The lowest BCUT2D eigenvalue weighted by Crippen LogP contribution is -2.43. The molecule has 0 aromatic heterocycles.